The minimum atomic E-state index is -0.498. The minimum Gasteiger partial charge on any atom is -0.496 e. The van der Waals surface area contributed by atoms with Gasteiger partial charge in [-0.2, -0.15) is 0 Å². The topological polar surface area (TPSA) is 31.2 Å². The molecule has 1 aromatic heterocycles. The summed E-state index contributed by atoms with van der Waals surface area (Å²) in [4.78, 5) is 11.9. The van der Waals surface area contributed by atoms with E-state index >= 15 is 0 Å². The van der Waals surface area contributed by atoms with Crippen molar-refractivity contribution in [2.75, 3.05) is 7.11 Å². The molecule has 23 heavy (non-hydrogen) atoms. The molecule has 0 aliphatic rings. The summed E-state index contributed by atoms with van der Waals surface area (Å²) in [5, 5.41) is 0.680. The van der Waals surface area contributed by atoms with Crippen LogP contribution in [0.4, 0.5) is 8.78 Å². The molecule has 0 atom stereocenters. The Morgan fingerprint density at radius 1 is 1.22 bits per heavy atom. The van der Waals surface area contributed by atoms with E-state index in [9.17, 15) is 13.6 Å². The highest BCUT2D eigenvalue weighted by Crippen LogP contribution is 2.31. The predicted molar refractivity (Wildman–Crippen MR) is 84.0 cm³/mol. The van der Waals surface area contributed by atoms with Gasteiger partial charge in [0.15, 0.2) is 5.78 Å². The smallest absolute Gasteiger partial charge is 0.162 e. The van der Waals surface area contributed by atoms with Crippen LogP contribution >= 0.6 is 0 Å². The summed E-state index contributed by atoms with van der Waals surface area (Å²) in [7, 11) is 1.53. The summed E-state index contributed by atoms with van der Waals surface area (Å²) in [6, 6.07) is 8.72. The van der Waals surface area contributed by atoms with Crippen LogP contribution in [-0.2, 0) is 6.54 Å². The fourth-order valence-electron chi connectivity index (χ4n) is 2.74. The molecule has 0 aliphatic carbocycles. The van der Waals surface area contributed by atoms with Crippen LogP contribution in [0.5, 0.6) is 5.75 Å². The first-order valence-corrected chi connectivity index (χ1v) is 7.12. The second-order valence-electron chi connectivity index (χ2n) is 5.32. The second-order valence-corrected chi connectivity index (χ2v) is 5.32. The third-order valence-corrected chi connectivity index (χ3v) is 3.82. The minimum absolute atomic E-state index is 0.113. The van der Waals surface area contributed by atoms with Crippen LogP contribution in [0.25, 0.3) is 10.9 Å². The number of halogens is 2. The van der Waals surface area contributed by atoms with Crippen LogP contribution in [0.2, 0.25) is 0 Å². The molecule has 0 unspecified atom stereocenters. The van der Waals surface area contributed by atoms with Crippen molar-refractivity contribution in [3.8, 4) is 5.75 Å². The Labute approximate surface area is 132 Å². The van der Waals surface area contributed by atoms with Gasteiger partial charge < -0.3 is 9.30 Å². The van der Waals surface area contributed by atoms with Gasteiger partial charge >= 0.3 is 0 Å². The molecule has 0 saturated carbocycles. The molecule has 3 nitrogen and oxygen atoms in total. The molecule has 0 spiro atoms. The lowest BCUT2D eigenvalue weighted by Gasteiger charge is -2.08. The van der Waals surface area contributed by atoms with E-state index in [0.717, 1.165) is 23.7 Å². The van der Waals surface area contributed by atoms with E-state index in [4.69, 9.17) is 4.74 Å². The summed E-state index contributed by atoms with van der Waals surface area (Å²) in [5.74, 6) is -0.521. The van der Waals surface area contributed by atoms with E-state index in [1.807, 2.05) is 6.07 Å². The monoisotopic (exact) mass is 315 g/mol. The Balaban J connectivity index is 2.18. The first-order valence-electron chi connectivity index (χ1n) is 7.12. The van der Waals surface area contributed by atoms with Gasteiger partial charge in [0.1, 0.15) is 17.4 Å². The zero-order valence-corrected chi connectivity index (χ0v) is 12.8. The van der Waals surface area contributed by atoms with Crippen molar-refractivity contribution in [3.05, 3.63) is 65.4 Å². The molecule has 1 heterocycles. The first kappa shape index (κ1) is 15.2. The number of methoxy groups -OCH3 is 1. The first-order chi connectivity index (χ1) is 11.0. The van der Waals surface area contributed by atoms with Crippen LogP contribution in [0.15, 0.2) is 42.6 Å². The van der Waals surface area contributed by atoms with Crippen LogP contribution in [0, 0.1) is 11.6 Å². The molecule has 2 aromatic carbocycles. The Bertz CT molecular complexity index is 899. The number of carbonyl (C=O) groups is 1. The fourth-order valence-corrected chi connectivity index (χ4v) is 2.74. The SMILES string of the molecule is COc1cccc2c1c(C(C)=O)cn2Cc1cc(F)ccc1F. The van der Waals surface area contributed by atoms with Gasteiger partial charge in [0.05, 0.1) is 24.6 Å². The number of ketones is 1. The fraction of sp³-hybridized carbons (Fsp3) is 0.167. The molecule has 0 bridgehead atoms. The molecular formula is C18H15F2NO2. The number of carbonyl (C=O) groups excluding carboxylic acids is 1. The van der Waals surface area contributed by atoms with Crippen LogP contribution < -0.4 is 4.74 Å². The highest BCUT2D eigenvalue weighted by molar-refractivity contribution is 6.09. The van der Waals surface area contributed by atoms with E-state index in [1.54, 1.807) is 22.9 Å². The third kappa shape index (κ3) is 2.70. The zero-order valence-electron chi connectivity index (χ0n) is 12.8. The number of hydrogen-bond acceptors (Lipinski definition) is 2. The molecule has 0 N–H and O–H groups in total. The highest BCUT2D eigenvalue weighted by Gasteiger charge is 2.17. The largest absolute Gasteiger partial charge is 0.496 e. The number of rotatable bonds is 4. The van der Waals surface area contributed by atoms with Crippen molar-refractivity contribution in [2.24, 2.45) is 0 Å². The van der Waals surface area contributed by atoms with Crippen molar-refractivity contribution < 1.29 is 18.3 Å². The van der Waals surface area contributed by atoms with Crippen LogP contribution in [-0.4, -0.2) is 17.5 Å². The highest BCUT2D eigenvalue weighted by atomic mass is 19.1. The van der Waals surface area contributed by atoms with Crippen molar-refractivity contribution in [3.63, 3.8) is 0 Å². The lowest BCUT2D eigenvalue weighted by Crippen LogP contribution is -2.01. The van der Waals surface area contributed by atoms with Crippen molar-refractivity contribution in [2.45, 2.75) is 13.5 Å². The van der Waals surface area contributed by atoms with Crippen LogP contribution in [0.1, 0.15) is 22.8 Å². The number of hydrogen-bond donors (Lipinski definition) is 0. The van der Waals surface area contributed by atoms with Gasteiger partial charge in [-0.05, 0) is 37.3 Å². The van der Waals surface area contributed by atoms with Gasteiger partial charge in [-0.15, -0.1) is 0 Å². The zero-order chi connectivity index (χ0) is 16.6. The summed E-state index contributed by atoms with van der Waals surface area (Å²) in [6.07, 6.45) is 1.65. The Morgan fingerprint density at radius 2 is 2.00 bits per heavy atom. The third-order valence-electron chi connectivity index (χ3n) is 3.82. The Kier molecular flexibility index (Phi) is 3.86. The Hall–Kier alpha value is -2.69. The van der Waals surface area contributed by atoms with Crippen LogP contribution in [0.3, 0.4) is 0 Å². The van der Waals surface area contributed by atoms with Crippen molar-refractivity contribution >= 4 is 16.7 Å². The van der Waals surface area contributed by atoms with Gasteiger partial charge in [-0.3, -0.25) is 4.79 Å². The molecule has 0 radical (unpaired) electrons. The molecule has 0 amide bonds. The quantitative estimate of drug-likeness (QED) is 0.676. The Morgan fingerprint density at radius 3 is 2.70 bits per heavy atom. The van der Waals surface area contributed by atoms with E-state index in [0.29, 0.717) is 16.7 Å². The molecule has 0 fully saturated rings. The van der Waals surface area contributed by atoms with Gasteiger partial charge in [0, 0.05) is 17.3 Å². The van der Waals surface area contributed by atoms with Crippen molar-refractivity contribution in [1.82, 2.24) is 4.57 Å². The average Bonchev–Trinajstić information content (AvgIpc) is 2.90. The molecule has 3 rings (SSSR count). The molecule has 5 heteroatoms. The average molecular weight is 315 g/mol. The maximum Gasteiger partial charge on any atom is 0.162 e. The summed E-state index contributed by atoms with van der Waals surface area (Å²) < 4.78 is 34.3. The number of Topliss-reactive ketones (excluding diaryl/α,β-unsaturated/α-hetero) is 1. The standard InChI is InChI=1S/C18H15F2NO2/c1-11(22)14-10-21(9-12-8-13(19)6-7-15(12)20)16-4-3-5-17(23-2)18(14)16/h3-8,10H,9H2,1-2H3. The predicted octanol–water partition coefficient (Wildman–Crippen LogP) is 4.18. The van der Waals surface area contributed by atoms with Gasteiger partial charge in [0.2, 0.25) is 0 Å². The molecule has 118 valence electrons. The normalized spacial score (nSPS) is 11.0. The number of aromatic nitrogens is 1. The number of ether oxygens (including phenoxy) is 1. The number of fused-ring (bicyclic) bond motifs is 1. The van der Waals surface area contributed by atoms with Gasteiger partial charge in [-0.25, -0.2) is 8.78 Å². The molecular weight excluding hydrogens is 300 g/mol. The summed E-state index contributed by atoms with van der Waals surface area (Å²) in [6.45, 7) is 1.59. The van der Waals surface area contributed by atoms with Gasteiger partial charge in [-0.1, -0.05) is 6.07 Å². The van der Waals surface area contributed by atoms with E-state index in [-0.39, 0.29) is 17.9 Å². The van der Waals surface area contributed by atoms with E-state index in [2.05, 4.69) is 0 Å². The lowest BCUT2D eigenvalue weighted by molar-refractivity contribution is 0.101. The second kappa shape index (κ2) is 5.83. The lowest BCUT2D eigenvalue weighted by atomic mass is 10.1. The van der Waals surface area contributed by atoms with E-state index < -0.39 is 11.6 Å². The van der Waals surface area contributed by atoms with E-state index in [1.165, 1.54) is 14.0 Å². The maximum atomic E-state index is 13.9. The number of benzene rings is 2. The molecule has 0 saturated heterocycles. The van der Waals surface area contributed by atoms with Gasteiger partial charge in [0.25, 0.3) is 0 Å². The van der Waals surface area contributed by atoms with Crippen molar-refractivity contribution in [1.29, 1.82) is 0 Å². The molecule has 3 aromatic rings. The maximum absolute atomic E-state index is 13.9. The summed E-state index contributed by atoms with van der Waals surface area (Å²) >= 11 is 0. The number of nitrogens with zero attached hydrogens (tertiary/aromatic N) is 1. The summed E-state index contributed by atoms with van der Waals surface area (Å²) in [5.41, 5.74) is 1.45. The molecule has 0 aliphatic heterocycles.